The third kappa shape index (κ3) is 6.69. The maximum atomic E-state index is 13.4. The molecule has 0 atom stereocenters. The van der Waals surface area contributed by atoms with Gasteiger partial charge in [-0.25, -0.2) is 4.98 Å². The Morgan fingerprint density at radius 1 is 0.951 bits per heavy atom. The maximum absolute atomic E-state index is 13.4. The second kappa shape index (κ2) is 13.3. The Kier molecular flexibility index (Phi) is 9.15. The van der Waals surface area contributed by atoms with Crippen LogP contribution in [0.3, 0.4) is 0 Å². The van der Waals surface area contributed by atoms with Gasteiger partial charge in [-0.1, -0.05) is 24.3 Å². The van der Waals surface area contributed by atoms with Crippen molar-refractivity contribution in [2.45, 2.75) is 26.3 Å². The Balaban J connectivity index is 1.16. The highest BCUT2D eigenvalue weighted by molar-refractivity contribution is 5.78. The summed E-state index contributed by atoms with van der Waals surface area (Å²) in [6.07, 6.45) is 1.17. The van der Waals surface area contributed by atoms with E-state index in [-0.39, 0.29) is 18.0 Å². The number of hydrogen-bond donors (Lipinski definition) is 1. The highest BCUT2D eigenvalue weighted by atomic mass is 16.5. The van der Waals surface area contributed by atoms with Crippen molar-refractivity contribution in [1.82, 2.24) is 19.8 Å². The molecule has 1 amide bonds. The largest absolute Gasteiger partial charge is 0.497 e. The minimum Gasteiger partial charge on any atom is -0.497 e. The van der Waals surface area contributed by atoms with E-state index in [1.165, 1.54) is 0 Å². The number of carbonyl (C=O) groups is 1. The number of nitrogens with one attached hydrogen (secondary N) is 1. The van der Waals surface area contributed by atoms with E-state index in [0.717, 1.165) is 50.6 Å². The molecule has 9 heteroatoms. The zero-order chi connectivity index (χ0) is 28.6. The summed E-state index contributed by atoms with van der Waals surface area (Å²) >= 11 is 0. The van der Waals surface area contributed by atoms with Crippen molar-refractivity contribution in [3.63, 3.8) is 0 Å². The molecule has 0 bridgehead atoms. The molecular formula is C32H37N5O4. The van der Waals surface area contributed by atoms with Crippen LogP contribution in [0.5, 0.6) is 11.5 Å². The van der Waals surface area contributed by atoms with E-state index in [4.69, 9.17) is 14.5 Å². The molecule has 1 aromatic heterocycles. The number of benzene rings is 3. The van der Waals surface area contributed by atoms with E-state index in [1.807, 2.05) is 55.5 Å². The molecule has 1 fully saturated rings. The van der Waals surface area contributed by atoms with Crippen LogP contribution in [-0.2, 0) is 11.3 Å². The van der Waals surface area contributed by atoms with Gasteiger partial charge < -0.3 is 19.7 Å². The number of hydrogen-bond acceptors (Lipinski definition) is 7. The van der Waals surface area contributed by atoms with Crippen molar-refractivity contribution >= 4 is 22.5 Å². The van der Waals surface area contributed by atoms with Crippen molar-refractivity contribution in [3.8, 4) is 17.2 Å². The number of amides is 1. The van der Waals surface area contributed by atoms with E-state index in [1.54, 1.807) is 29.9 Å². The van der Waals surface area contributed by atoms with Crippen molar-refractivity contribution in [2.24, 2.45) is 0 Å². The number of anilines is 1. The fraction of sp³-hybridized carbons (Fsp3) is 0.344. The van der Waals surface area contributed by atoms with Crippen LogP contribution in [0.25, 0.3) is 16.6 Å². The third-order valence-corrected chi connectivity index (χ3v) is 7.38. The average Bonchev–Trinajstić information content (AvgIpc) is 3.01. The number of fused-ring (bicyclic) bond motifs is 1. The number of nitrogens with zero attached hydrogens (tertiary/aromatic N) is 4. The van der Waals surface area contributed by atoms with Crippen LogP contribution in [0.15, 0.2) is 77.6 Å². The van der Waals surface area contributed by atoms with Crippen LogP contribution in [0.4, 0.5) is 5.69 Å². The summed E-state index contributed by atoms with van der Waals surface area (Å²) in [6, 6.07) is 22.7. The van der Waals surface area contributed by atoms with Gasteiger partial charge in [0.15, 0.2) is 0 Å². The van der Waals surface area contributed by atoms with Gasteiger partial charge in [0.05, 0.1) is 42.5 Å². The SMILES string of the molecule is CCOc1ccccc1N1CCN(CCCC(=O)NCc2nc3ccccc3c(=O)n2-c2ccc(OC)cc2)CC1. The Hall–Kier alpha value is -4.37. The van der Waals surface area contributed by atoms with Crippen molar-refractivity contribution < 1.29 is 14.3 Å². The Labute approximate surface area is 240 Å². The molecule has 4 aromatic rings. The summed E-state index contributed by atoms with van der Waals surface area (Å²) in [6.45, 7) is 7.40. The van der Waals surface area contributed by atoms with Gasteiger partial charge in [0.2, 0.25) is 5.91 Å². The lowest BCUT2D eigenvalue weighted by molar-refractivity contribution is -0.121. The van der Waals surface area contributed by atoms with Gasteiger partial charge in [-0.3, -0.25) is 19.1 Å². The van der Waals surface area contributed by atoms with E-state index in [9.17, 15) is 9.59 Å². The molecule has 5 rings (SSSR count). The van der Waals surface area contributed by atoms with Crippen molar-refractivity contribution in [1.29, 1.82) is 0 Å². The molecule has 1 N–H and O–H groups in total. The highest BCUT2D eigenvalue weighted by Crippen LogP contribution is 2.28. The molecule has 41 heavy (non-hydrogen) atoms. The van der Waals surface area contributed by atoms with Gasteiger partial charge in [0, 0.05) is 32.6 Å². The summed E-state index contributed by atoms with van der Waals surface area (Å²) in [5.41, 5.74) is 2.24. The van der Waals surface area contributed by atoms with Crippen LogP contribution in [0, 0.1) is 0 Å². The van der Waals surface area contributed by atoms with Gasteiger partial charge >= 0.3 is 0 Å². The fourth-order valence-electron chi connectivity index (χ4n) is 5.23. The standard InChI is InChI=1S/C32H37N5O4/c1-3-41-29-12-7-6-11-28(29)36-21-19-35(20-22-36)18-8-13-31(38)33-23-30-34-27-10-5-4-9-26(27)32(39)37(30)24-14-16-25(40-2)17-15-24/h4-7,9-12,14-17H,3,8,13,18-23H2,1-2H3,(H,33,38). The van der Waals surface area contributed by atoms with Crippen LogP contribution in [0.2, 0.25) is 0 Å². The number of rotatable bonds is 11. The molecule has 2 heterocycles. The molecule has 0 radical (unpaired) electrons. The van der Waals surface area contributed by atoms with E-state index >= 15 is 0 Å². The third-order valence-electron chi connectivity index (χ3n) is 7.38. The first-order chi connectivity index (χ1) is 20.1. The predicted molar refractivity (Wildman–Crippen MR) is 161 cm³/mol. The fourth-order valence-corrected chi connectivity index (χ4v) is 5.23. The predicted octanol–water partition coefficient (Wildman–Crippen LogP) is 4.01. The lowest BCUT2D eigenvalue weighted by atomic mass is 10.2. The van der Waals surface area contributed by atoms with E-state index in [0.29, 0.717) is 41.2 Å². The smallest absolute Gasteiger partial charge is 0.266 e. The first-order valence-corrected chi connectivity index (χ1v) is 14.2. The molecule has 1 saturated heterocycles. The summed E-state index contributed by atoms with van der Waals surface area (Å²) in [7, 11) is 1.60. The molecule has 1 aliphatic heterocycles. The zero-order valence-electron chi connectivity index (χ0n) is 23.7. The number of ether oxygens (including phenoxy) is 2. The molecule has 0 aliphatic carbocycles. The molecule has 3 aromatic carbocycles. The second-order valence-corrected chi connectivity index (χ2v) is 9.99. The average molecular weight is 556 g/mol. The van der Waals surface area contributed by atoms with Gasteiger partial charge in [0.25, 0.3) is 5.56 Å². The maximum Gasteiger partial charge on any atom is 0.266 e. The van der Waals surface area contributed by atoms with Gasteiger partial charge in [-0.05, 0) is 68.4 Å². The monoisotopic (exact) mass is 555 g/mol. The topological polar surface area (TPSA) is 88.9 Å². The Bertz CT molecular complexity index is 1530. The molecule has 214 valence electrons. The molecule has 1 aliphatic rings. The summed E-state index contributed by atoms with van der Waals surface area (Å²) in [5, 5.41) is 3.51. The van der Waals surface area contributed by atoms with Gasteiger partial charge in [0.1, 0.15) is 17.3 Å². The first-order valence-electron chi connectivity index (χ1n) is 14.2. The zero-order valence-corrected chi connectivity index (χ0v) is 23.7. The first kappa shape index (κ1) is 28.2. The number of piperazine rings is 1. The molecule has 0 spiro atoms. The molecule has 0 unspecified atom stereocenters. The summed E-state index contributed by atoms with van der Waals surface area (Å²) in [4.78, 5) is 35.7. The van der Waals surface area contributed by atoms with Crippen molar-refractivity contribution in [3.05, 3.63) is 89.0 Å². The number of para-hydroxylation sites is 3. The van der Waals surface area contributed by atoms with E-state index < -0.39 is 0 Å². The van der Waals surface area contributed by atoms with Crippen LogP contribution >= 0.6 is 0 Å². The van der Waals surface area contributed by atoms with Crippen molar-refractivity contribution in [2.75, 3.05) is 51.3 Å². The summed E-state index contributed by atoms with van der Waals surface area (Å²) in [5.74, 6) is 2.05. The van der Waals surface area contributed by atoms with Gasteiger partial charge in [-0.15, -0.1) is 0 Å². The highest BCUT2D eigenvalue weighted by Gasteiger charge is 2.20. The normalized spacial score (nSPS) is 13.8. The number of aromatic nitrogens is 2. The second-order valence-electron chi connectivity index (χ2n) is 9.99. The van der Waals surface area contributed by atoms with Crippen LogP contribution in [0.1, 0.15) is 25.6 Å². The molecule has 0 saturated carbocycles. The Morgan fingerprint density at radius 3 is 2.44 bits per heavy atom. The minimum absolute atomic E-state index is 0.0574. The molecular weight excluding hydrogens is 518 g/mol. The lowest BCUT2D eigenvalue weighted by Crippen LogP contribution is -2.46. The van der Waals surface area contributed by atoms with Crippen LogP contribution in [-0.4, -0.2) is 66.8 Å². The summed E-state index contributed by atoms with van der Waals surface area (Å²) < 4.78 is 12.6. The Morgan fingerprint density at radius 2 is 1.68 bits per heavy atom. The van der Waals surface area contributed by atoms with Gasteiger partial charge in [-0.2, -0.15) is 0 Å². The number of methoxy groups -OCH3 is 1. The quantitative estimate of drug-likeness (QED) is 0.299. The van der Waals surface area contributed by atoms with E-state index in [2.05, 4.69) is 21.2 Å². The molecule has 9 nitrogen and oxygen atoms in total. The minimum atomic E-state index is -0.173. The lowest BCUT2D eigenvalue weighted by Gasteiger charge is -2.36. The number of carbonyl (C=O) groups excluding carboxylic acids is 1. The van der Waals surface area contributed by atoms with Crippen LogP contribution < -0.4 is 25.2 Å².